The molecule has 1 aliphatic heterocycles. The highest BCUT2D eigenvalue weighted by Gasteiger charge is 2.39. The zero-order chi connectivity index (χ0) is 19.0. The second-order valence-electron chi connectivity index (χ2n) is 7.44. The van der Waals surface area contributed by atoms with Crippen LogP contribution in [0.25, 0.3) is 0 Å². The first-order valence-electron chi connectivity index (χ1n) is 9.19. The molecule has 4 heteroatoms. The fraction of sp³-hybridized carbons (Fsp3) is 0.500. The van der Waals surface area contributed by atoms with Crippen molar-refractivity contribution in [2.24, 2.45) is 5.92 Å². The van der Waals surface area contributed by atoms with Gasteiger partial charge in [-0.05, 0) is 38.2 Å². The Balaban J connectivity index is 1.84. The number of ether oxygens (including phenoxy) is 1. The van der Waals surface area contributed by atoms with Crippen LogP contribution in [-0.2, 0) is 25.7 Å². The second-order valence-corrected chi connectivity index (χ2v) is 7.44. The number of hydrogen-bond donors (Lipinski definition) is 0. The molecule has 3 atom stereocenters. The van der Waals surface area contributed by atoms with Crippen molar-refractivity contribution >= 4 is 5.97 Å². The molecule has 1 heterocycles. The van der Waals surface area contributed by atoms with E-state index < -0.39 is 0 Å². The van der Waals surface area contributed by atoms with Gasteiger partial charge in [0.1, 0.15) is 11.7 Å². The van der Waals surface area contributed by atoms with Crippen molar-refractivity contribution < 1.29 is 19.3 Å². The number of carbonyl (C=O) groups is 1. The Hall–Kier alpha value is -1.91. The maximum Gasteiger partial charge on any atom is 0.308 e. The van der Waals surface area contributed by atoms with E-state index in [1.165, 1.54) is 18.2 Å². The molecule has 1 fully saturated rings. The lowest BCUT2D eigenvalue weighted by Gasteiger charge is -2.40. The zero-order valence-electron chi connectivity index (χ0n) is 16.2. The Morgan fingerprint density at radius 1 is 1.35 bits per heavy atom. The Morgan fingerprint density at radius 3 is 2.73 bits per heavy atom. The lowest BCUT2D eigenvalue weighted by molar-refractivity contribution is -0.415. The van der Waals surface area contributed by atoms with Crippen LogP contribution in [0.4, 0.5) is 0 Å². The Labute approximate surface area is 156 Å². The van der Waals surface area contributed by atoms with E-state index in [-0.39, 0.29) is 30.0 Å². The highest BCUT2D eigenvalue weighted by atomic mass is 17.2. The fourth-order valence-electron chi connectivity index (χ4n) is 3.40. The number of allylic oxidation sites excluding steroid dienone is 3. The average molecular weight is 358 g/mol. The summed E-state index contributed by atoms with van der Waals surface area (Å²) in [4.78, 5) is 22.6. The van der Waals surface area contributed by atoms with Crippen LogP contribution in [0.2, 0.25) is 0 Å². The average Bonchev–Trinajstić information content (AvgIpc) is 2.62. The van der Waals surface area contributed by atoms with Crippen LogP contribution in [0.1, 0.15) is 45.6 Å². The minimum Gasteiger partial charge on any atom is -0.469 e. The molecule has 0 unspecified atom stereocenters. The summed E-state index contributed by atoms with van der Waals surface area (Å²) in [6.07, 6.45) is 8.92. The van der Waals surface area contributed by atoms with Crippen molar-refractivity contribution in [1.82, 2.24) is 0 Å². The monoisotopic (exact) mass is 358 g/mol. The molecule has 0 amide bonds. The molecular formula is C22H30O4. The lowest BCUT2D eigenvalue weighted by Crippen LogP contribution is -2.43. The van der Waals surface area contributed by atoms with Crippen LogP contribution in [-0.4, -0.2) is 24.8 Å². The summed E-state index contributed by atoms with van der Waals surface area (Å²) in [6, 6.07) is 10.4. The van der Waals surface area contributed by atoms with Crippen molar-refractivity contribution in [3.8, 4) is 0 Å². The van der Waals surface area contributed by atoms with Crippen molar-refractivity contribution in [1.29, 1.82) is 0 Å². The first kappa shape index (κ1) is 20.4. The van der Waals surface area contributed by atoms with Crippen molar-refractivity contribution in [2.75, 3.05) is 7.11 Å². The molecule has 0 saturated carbocycles. The number of esters is 1. The largest absolute Gasteiger partial charge is 0.469 e. The predicted molar refractivity (Wildman–Crippen MR) is 102 cm³/mol. The van der Waals surface area contributed by atoms with E-state index >= 15 is 0 Å². The molecule has 0 aromatic heterocycles. The molecule has 0 N–H and O–H groups in total. The van der Waals surface area contributed by atoms with E-state index in [1.54, 1.807) is 0 Å². The van der Waals surface area contributed by atoms with Gasteiger partial charge >= 0.3 is 5.97 Å². The molecule has 1 aromatic carbocycles. The Bertz CT molecular complexity index is 635. The van der Waals surface area contributed by atoms with Crippen LogP contribution in [0.3, 0.4) is 0 Å². The normalized spacial score (nSPS) is 26.8. The molecule has 0 aliphatic carbocycles. The highest BCUT2D eigenvalue weighted by Crippen LogP contribution is 2.36. The third-order valence-corrected chi connectivity index (χ3v) is 4.72. The van der Waals surface area contributed by atoms with E-state index in [0.29, 0.717) is 0 Å². The number of rotatable bonds is 7. The quantitative estimate of drug-likeness (QED) is 0.399. The van der Waals surface area contributed by atoms with E-state index in [9.17, 15) is 4.79 Å². The Kier molecular flexibility index (Phi) is 7.61. The van der Waals surface area contributed by atoms with Gasteiger partial charge in [0.05, 0.1) is 13.5 Å². The van der Waals surface area contributed by atoms with Crippen LogP contribution in [0, 0.1) is 5.92 Å². The topological polar surface area (TPSA) is 44.8 Å². The van der Waals surface area contributed by atoms with E-state index in [2.05, 4.69) is 63.3 Å². The molecular weight excluding hydrogens is 328 g/mol. The molecule has 0 spiro atoms. The molecule has 0 bridgehead atoms. The Morgan fingerprint density at radius 2 is 2.08 bits per heavy atom. The van der Waals surface area contributed by atoms with Gasteiger partial charge in [-0.3, -0.25) is 4.79 Å². The summed E-state index contributed by atoms with van der Waals surface area (Å²) in [5.41, 5.74) is 2.16. The van der Waals surface area contributed by atoms with Gasteiger partial charge in [-0.25, -0.2) is 9.78 Å². The van der Waals surface area contributed by atoms with Crippen LogP contribution < -0.4 is 0 Å². The molecule has 2 rings (SSSR count). The highest BCUT2D eigenvalue weighted by molar-refractivity contribution is 5.69. The van der Waals surface area contributed by atoms with Gasteiger partial charge in [0.15, 0.2) is 0 Å². The maximum absolute atomic E-state index is 11.4. The number of carbonyl (C=O) groups excluding carboxylic acids is 1. The van der Waals surface area contributed by atoms with Gasteiger partial charge in [0, 0.05) is 6.42 Å². The summed E-state index contributed by atoms with van der Waals surface area (Å²) in [7, 11) is 1.39. The molecule has 0 radical (unpaired) electrons. The van der Waals surface area contributed by atoms with Crippen LogP contribution in [0.5, 0.6) is 0 Å². The molecule has 1 saturated heterocycles. The summed E-state index contributed by atoms with van der Waals surface area (Å²) in [5, 5.41) is 0. The van der Waals surface area contributed by atoms with Crippen molar-refractivity contribution in [3.05, 3.63) is 59.7 Å². The first-order valence-corrected chi connectivity index (χ1v) is 9.19. The van der Waals surface area contributed by atoms with E-state index in [1.807, 2.05) is 6.07 Å². The summed E-state index contributed by atoms with van der Waals surface area (Å²) in [5.74, 6) is -0.0389. The molecule has 1 aromatic rings. The van der Waals surface area contributed by atoms with E-state index in [4.69, 9.17) is 14.5 Å². The standard InChI is InChI=1S/C22H30O4/c1-17(10-8-9-13-19-11-6-5-7-12-19)15-22(3)16-18(2)20(25-26-22)14-21(23)24-4/h5-12,18,20H,13-16H2,1-4H3/t18-,20+,22+/m1/s1. The smallest absolute Gasteiger partial charge is 0.308 e. The SMILES string of the molecule is COC(=O)C[C@@H]1OO[C@@](C)(CC(C)=CC=CCc2ccccc2)C[C@H]1C. The third kappa shape index (κ3) is 6.43. The van der Waals surface area contributed by atoms with Gasteiger partial charge in [0.25, 0.3) is 0 Å². The lowest BCUT2D eigenvalue weighted by atomic mass is 9.83. The van der Waals surface area contributed by atoms with Gasteiger partial charge in [-0.15, -0.1) is 0 Å². The minimum absolute atomic E-state index is 0.227. The van der Waals surface area contributed by atoms with E-state index in [0.717, 1.165) is 19.3 Å². The first-order chi connectivity index (χ1) is 12.4. The number of benzene rings is 1. The molecule has 142 valence electrons. The van der Waals surface area contributed by atoms with Gasteiger partial charge in [-0.2, -0.15) is 0 Å². The minimum atomic E-state index is -0.375. The number of hydrogen-bond acceptors (Lipinski definition) is 4. The predicted octanol–water partition coefficient (Wildman–Crippen LogP) is 4.80. The third-order valence-electron chi connectivity index (χ3n) is 4.72. The summed E-state index contributed by atoms with van der Waals surface area (Å²) >= 11 is 0. The van der Waals surface area contributed by atoms with Crippen molar-refractivity contribution in [2.45, 2.75) is 58.2 Å². The fourth-order valence-corrected chi connectivity index (χ4v) is 3.40. The second kappa shape index (κ2) is 9.70. The van der Waals surface area contributed by atoms with Gasteiger partial charge in [-0.1, -0.05) is 61.1 Å². The molecule has 1 aliphatic rings. The molecule has 26 heavy (non-hydrogen) atoms. The maximum atomic E-state index is 11.4. The van der Waals surface area contributed by atoms with Gasteiger partial charge in [0.2, 0.25) is 0 Å². The van der Waals surface area contributed by atoms with Crippen molar-refractivity contribution in [3.63, 3.8) is 0 Å². The van der Waals surface area contributed by atoms with Crippen LogP contribution >= 0.6 is 0 Å². The zero-order valence-corrected chi connectivity index (χ0v) is 16.2. The summed E-state index contributed by atoms with van der Waals surface area (Å²) < 4.78 is 4.71. The molecule has 4 nitrogen and oxygen atoms in total. The van der Waals surface area contributed by atoms with Crippen LogP contribution in [0.15, 0.2) is 54.1 Å². The number of methoxy groups -OCH3 is 1. The summed E-state index contributed by atoms with van der Waals surface area (Å²) in [6.45, 7) is 6.25. The van der Waals surface area contributed by atoms with Gasteiger partial charge < -0.3 is 4.74 Å².